The van der Waals surface area contributed by atoms with Crippen molar-refractivity contribution < 1.29 is 4.79 Å². The van der Waals surface area contributed by atoms with E-state index in [0.29, 0.717) is 18.4 Å². The maximum absolute atomic E-state index is 12.8. The van der Waals surface area contributed by atoms with Gasteiger partial charge >= 0.3 is 0 Å². The lowest BCUT2D eigenvalue weighted by Crippen LogP contribution is -2.34. The van der Waals surface area contributed by atoms with Crippen molar-refractivity contribution in [1.82, 2.24) is 24.6 Å². The van der Waals surface area contributed by atoms with Gasteiger partial charge in [-0.25, -0.2) is 4.98 Å². The number of nitrogens with one attached hydrogen (secondary N) is 1. The molecule has 1 fully saturated rings. The maximum Gasteiger partial charge on any atom is 0.223 e. The van der Waals surface area contributed by atoms with E-state index in [9.17, 15) is 4.79 Å². The van der Waals surface area contributed by atoms with E-state index in [0.717, 1.165) is 48.2 Å². The molecule has 5 rings (SSSR count). The number of aromatic nitrogens is 4. The third-order valence-corrected chi connectivity index (χ3v) is 6.33. The van der Waals surface area contributed by atoms with Crippen LogP contribution in [0.25, 0.3) is 22.3 Å². The lowest BCUT2D eigenvalue weighted by Gasteiger charge is -2.21. The summed E-state index contributed by atoms with van der Waals surface area (Å²) in [5.74, 6) is 0.725. The normalized spacial score (nSPS) is 18.7. The standard InChI is InChI=1S/C25H27N5O/c1-18-13-20(17-30(18)25(31)10-7-19-5-3-2-4-6-19)16-29-12-11-23-24(29)9-8-22(28-23)21-14-26-27-15-21/h2-6,8-9,11-12,14-15,18,20H,7,10,13,16-17H2,1H3,(H,26,27). The van der Waals surface area contributed by atoms with E-state index in [1.54, 1.807) is 6.20 Å². The van der Waals surface area contributed by atoms with Gasteiger partial charge in [0.15, 0.2) is 0 Å². The van der Waals surface area contributed by atoms with Crippen LogP contribution in [-0.4, -0.2) is 43.1 Å². The van der Waals surface area contributed by atoms with Gasteiger partial charge in [-0.05, 0) is 49.4 Å². The Bertz CT molecular complexity index is 1170. The highest BCUT2D eigenvalue weighted by Crippen LogP contribution is 2.28. The number of nitrogens with zero attached hydrogens (tertiary/aromatic N) is 4. The molecule has 0 saturated carbocycles. The van der Waals surface area contributed by atoms with Crippen LogP contribution in [0.4, 0.5) is 0 Å². The molecular formula is C25H27N5O. The number of hydrogen-bond acceptors (Lipinski definition) is 3. The molecule has 1 amide bonds. The van der Waals surface area contributed by atoms with Gasteiger partial charge in [0.1, 0.15) is 0 Å². The first kappa shape index (κ1) is 19.5. The van der Waals surface area contributed by atoms with Crippen LogP contribution in [0.2, 0.25) is 0 Å². The molecule has 1 aliphatic heterocycles. The Labute approximate surface area is 181 Å². The minimum atomic E-state index is 0.266. The lowest BCUT2D eigenvalue weighted by atomic mass is 10.1. The predicted octanol–water partition coefficient (Wildman–Crippen LogP) is 4.30. The summed E-state index contributed by atoms with van der Waals surface area (Å²) in [7, 11) is 0. The summed E-state index contributed by atoms with van der Waals surface area (Å²) in [4.78, 5) is 19.7. The highest BCUT2D eigenvalue weighted by molar-refractivity contribution is 5.79. The van der Waals surface area contributed by atoms with Crippen molar-refractivity contribution in [2.24, 2.45) is 5.92 Å². The summed E-state index contributed by atoms with van der Waals surface area (Å²) in [6.45, 7) is 3.91. The number of likely N-dealkylation sites (tertiary alicyclic amines) is 1. The molecule has 0 bridgehead atoms. The van der Waals surface area contributed by atoms with Crippen molar-refractivity contribution in [3.8, 4) is 11.3 Å². The Hall–Kier alpha value is -3.41. The number of hydrogen-bond donors (Lipinski definition) is 1. The number of carbonyl (C=O) groups excluding carboxylic acids is 1. The Morgan fingerprint density at radius 1 is 1.16 bits per heavy atom. The number of fused-ring (bicyclic) bond motifs is 1. The van der Waals surface area contributed by atoms with Gasteiger partial charge in [0, 0.05) is 43.5 Å². The van der Waals surface area contributed by atoms with E-state index in [-0.39, 0.29) is 5.91 Å². The zero-order valence-electron chi connectivity index (χ0n) is 17.7. The maximum atomic E-state index is 12.8. The van der Waals surface area contributed by atoms with Crippen LogP contribution < -0.4 is 0 Å². The fourth-order valence-electron chi connectivity index (χ4n) is 4.72. The van der Waals surface area contributed by atoms with Gasteiger partial charge in [-0.15, -0.1) is 0 Å². The van der Waals surface area contributed by atoms with Gasteiger partial charge in [-0.1, -0.05) is 30.3 Å². The van der Waals surface area contributed by atoms with Crippen molar-refractivity contribution in [2.45, 2.75) is 38.8 Å². The summed E-state index contributed by atoms with van der Waals surface area (Å²) in [5.41, 5.74) is 5.25. The number of pyridine rings is 1. The molecule has 0 spiro atoms. The quantitative estimate of drug-likeness (QED) is 0.513. The van der Waals surface area contributed by atoms with Crippen LogP contribution in [-0.2, 0) is 17.8 Å². The molecule has 2 unspecified atom stereocenters. The molecule has 6 heteroatoms. The summed E-state index contributed by atoms with van der Waals surface area (Å²) >= 11 is 0. The molecule has 3 aromatic heterocycles. The molecule has 1 N–H and O–H groups in total. The fourth-order valence-corrected chi connectivity index (χ4v) is 4.72. The fraction of sp³-hybridized carbons (Fsp3) is 0.320. The molecule has 0 radical (unpaired) electrons. The predicted molar refractivity (Wildman–Crippen MR) is 121 cm³/mol. The molecule has 1 aromatic carbocycles. The van der Waals surface area contributed by atoms with Gasteiger partial charge in [-0.3, -0.25) is 9.89 Å². The Balaban J connectivity index is 1.23. The second kappa shape index (κ2) is 8.38. The first-order valence-corrected chi connectivity index (χ1v) is 11.0. The number of aromatic amines is 1. The third kappa shape index (κ3) is 4.10. The first-order chi connectivity index (χ1) is 15.2. The molecule has 0 aliphatic carbocycles. The van der Waals surface area contributed by atoms with E-state index in [1.807, 2.05) is 30.5 Å². The molecule has 2 atom stereocenters. The Morgan fingerprint density at radius 3 is 2.84 bits per heavy atom. The zero-order valence-corrected chi connectivity index (χ0v) is 17.7. The third-order valence-electron chi connectivity index (χ3n) is 6.33. The number of benzene rings is 1. The van der Waals surface area contributed by atoms with Gasteiger partial charge < -0.3 is 9.47 Å². The number of rotatable bonds is 6. The number of H-pyrrole nitrogens is 1. The minimum Gasteiger partial charge on any atom is -0.346 e. The molecule has 158 valence electrons. The SMILES string of the molecule is CC1CC(Cn2ccc3nc(-c4cn[nH]c4)ccc32)CN1C(=O)CCc1ccccc1. The summed E-state index contributed by atoms with van der Waals surface area (Å²) in [6.07, 6.45) is 8.18. The molecule has 31 heavy (non-hydrogen) atoms. The van der Waals surface area contributed by atoms with Crippen molar-refractivity contribution in [1.29, 1.82) is 0 Å². The first-order valence-electron chi connectivity index (χ1n) is 11.0. The zero-order chi connectivity index (χ0) is 21.2. The van der Waals surface area contributed by atoms with Gasteiger partial charge in [-0.2, -0.15) is 5.10 Å². The van der Waals surface area contributed by atoms with Crippen LogP contribution in [0, 0.1) is 5.92 Å². The van der Waals surface area contributed by atoms with Crippen molar-refractivity contribution >= 4 is 16.9 Å². The van der Waals surface area contributed by atoms with Gasteiger partial charge in [0.05, 0.1) is 22.9 Å². The lowest BCUT2D eigenvalue weighted by molar-refractivity contribution is -0.131. The average molecular weight is 414 g/mol. The van der Waals surface area contributed by atoms with E-state index >= 15 is 0 Å². The summed E-state index contributed by atoms with van der Waals surface area (Å²) < 4.78 is 2.27. The van der Waals surface area contributed by atoms with Gasteiger partial charge in [0.2, 0.25) is 5.91 Å². The second-order valence-electron chi connectivity index (χ2n) is 8.54. The van der Waals surface area contributed by atoms with Crippen molar-refractivity contribution in [2.75, 3.05) is 6.54 Å². The average Bonchev–Trinajstić information content (AvgIpc) is 3.53. The van der Waals surface area contributed by atoms with E-state index in [1.165, 1.54) is 5.56 Å². The highest BCUT2D eigenvalue weighted by Gasteiger charge is 2.32. The second-order valence-corrected chi connectivity index (χ2v) is 8.54. The molecular weight excluding hydrogens is 386 g/mol. The monoisotopic (exact) mass is 413 g/mol. The molecule has 1 aliphatic rings. The van der Waals surface area contributed by atoms with Crippen molar-refractivity contribution in [3.63, 3.8) is 0 Å². The number of carbonyl (C=O) groups is 1. The molecule has 4 aromatic rings. The summed E-state index contributed by atoms with van der Waals surface area (Å²) in [5, 5.41) is 6.85. The smallest absolute Gasteiger partial charge is 0.223 e. The van der Waals surface area contributed by atoms with Crippen LogP contribution in [0.3, 0.4) is 0 Å². The molecule has 6 nitrogen and oxygen atoms in total. The molecule has 4 heterocycles. The van der Waals surface area contributed by atoms with Crippen LogP contribution in [0.1, 0.15) is 25.3 Å². The van der Waals surface area contributed by atoms with Gasteiger partial charge in [0.25, 0.3) is 0 Å². The molecule has 1 saturated heterocycles. The topological polar surface area (TPSA) is 66.8 Å². The van der Waals surface area contributed by atoms with Crippen LogP contribution in [0.15, 0.2) is 67.1 Å². The van der Waals surface area contributed by atoms with E-state index in [4.69, 9.17) is 4.98 Å². The van der Waals surface area contributed by atoms with E-state index < -0.39 is 0 Å². The van der Waals surface area contributed by atoms with Crippen LogP contribution >= 0.6 is 0 Å². The Morgan fingerprint density at radius 2 is 2.03 bits per heavy atom. The van der Waals surface area contributed by atoms with Crippen molar-refractivity contribution in [3.05, 3.63) is 72.7 Å². The Kier molecular flexibility index (Phi) is 5.28. The minimum absolute atomic E-state index is 0.266. The number of aryl methyl sites for hydroxylation is 1. The summed E-state index contributed by atoms with van der Waals surface area (Å²) in [6, 6.07) is 16.8. The largest absolute Gasteiger partial charge is 0.346 e. The number of amides is 1. The van der Waals surface area contributed by atoms with Crippen LogP contribution in [0.5, 0.6) is 0 Å². The van der Waals surface area contributed by atoms with E-state index in [2.05, 4.69) is 57.1 Å². The highest BCUT2D eigenvalue weighted by atomic mass is 16.2.